The Morgan fingerprint density at radius 2 is 1.58 bits per heavy atom. The fourth-order valence-corrected chi connectivity index (χ4v) is 2.42. The van der Waals surface area contributed by atoms with E-state index in [1.807, 2.05) is 0 Å². The molecule has 0 bridgehead atoms. The number of anilines is 1. The van der Waals surface area contributed by atoms with Crippen LogP contribution in [0.15, 0.2) is 30.3 Å². The summed E-state index contributed by atoms with van der Waals surface area (Å²) in [5, 5.41) is 9.92. The molecule has 94 valence electrons. The summed E-state index contributed by atoms with van der Waals surface area (Å²) in [6, 6.07) is 7.46. The van der Waals surface area contributed by atoms with Crippen LogP contribution in [0.2, 0.25) is 5.02 Å². The van der Waals surface area contributed by atoms with E-state index in [1.54, 1.807) is 12.1 Å². The number of phenols is 1. The average Bonchev–Trinajstić information content (AvgIpc) is 2.39. The molecule has 3 rings (SSSR count). The standard InChI is InChI=1S/C14H8ClNO3/c15-8-5-4-7-11(14(8)19)13(18)6-2-1-3-9(16)10(6)12(7)17/h1-5,19H,16H2. The number of hydrogen-bond donors (Lipinski definition) is 2. The van der Waals surface area contributed by atoms with E-state index in [2.05, 4.69) is 0 Å². The molecular formula is C14H8ClNO3. The molecule has 5 heteroatoms. The van der Waals surface area contributed by atoms with Crippen LogP contribution in [0.1, 0.15) is 31.8 Å². The Balaban J connectivity index is 2.40. The van der Waals surface area contributed by atoms with Crippen LogP contribution in [0.3, 0.4) is 0 Å². The predicted octanol–water partition coefficient (Wildman–Crippen LogP) is 2.40. The van der Waals surface area contributed by atoms with Crippen LogP contribution in [-0.2, 0) is 0 Å². The maximum atomic E-state index is 12.4. The first kappa shape index (κ1) is 11.7. The van der Waals surface area contributed by atoms with Crippen LogP contribution < -0.4 is 5.73 Å². The number of nitrogen functional groups attached to an aromatic ring is 1. The zero-order valence-corrected chi connectivity index (χ0v) is 10.4. The number of nitrogens with two attached hydrogens (primary N) is 1. The lowest BCUT2D eigenvalue weighted by Crippen LogP contribution is -2.22. The lowest BCUT2D eigenvalue weighted by molar-refractivity contribution is 0.0977. The SMILES string of the molecule is Nc1cccc2c1C(=O)c1ccc(Cl)c(O)c1C2=O. The summed E-state index contributed by atoms with van der Waals surface area (Å²) in [7, 11) is 0. The summed E-state index contributed by atoms with van der Waals surface area (Å²) < 4.78 is 0. The fourth-order valence-electron chi connectivity index (χ4n) is 2.27. The second-order valence-electron chi connectivity index (χ2n) is 4.25. The van der Waals surface area contributed by atoms with Gasteiger partial charge in [0.25, 0.3) is 0 Å². The third-order valence-corrected chi connectivity index (χ3v) is 3.47. The summed E-state index contributed by atoms with van der Waals surface area (Å²) >= 11 is 5.78. The van der Waals surface area contributed by atoms with Crippen LogP contribution in [0.25, 0.3) is 0 Å². The first-order valence-corrected chi connectivity index (χ1v) is 5.89. The van der Waals surface area contributed by atoms with Gasteiger partial charge in [-0.05, 0) is 18.2 Å². The molecule has 0 radical (unpaired) electrons. The highest BCUT2D eigenvalue weighted by molar-refractivity contribution is 6.36. The Bertz CT molecular complexity index is 753. The highest BCUT2D eigenvalue weighted by Gasteiger charge is 2.33. The van der Waals surface area contributed by atoms with Crippen molar-refractivity contribution >= 4 is 28.9 Å². The number of phenolic OH excluding ortho intramolecular Hbond substituents is 1. The number of benzene rings is 2. The van der Waals surface area contributed by atoms with Gasteiger partial charge in [0.05, 0.1) is 16.1 Å². The van der Waals surface area contributed by atoms with E-state index in [-0.39, 0.29) is 44.5 Å². The van der Waals surface area contributed by atoms with E-state index < -0.39 is 5.78 Å². The molecule has 0 saturated heterocycles. The molecule has 0 atom stereocenters. The molecule has 1 aliphatic carbocycles. The third kappa shape index (κ3) is 1.47. The molecule has 19 heavy (non-hydrogen) atoms. The number of rotatable bonds is 0. The number of carbonyl (C=O) groups excluding carboxylic acids is 2. The van der Waals surface area contributed by atoms with Gasteiger partial charge in [-0.2, -0.15) is 0 Å². The van der Waals surface area contributed by atoms with E-state index >= 15 is 0 Å². The van der Waals surface area contributed by atoms with Crippen molar-refractivity contribution in [3.05, 3.63) is 57.6 Å². The van der Waals surface area contributed by atoms with Gasteiger partial charge in [0.15, 0.2) is 11.6 Å². The highest BCUT2D eigenvalue weighted by atomic mass is 35.5. The quantitative estimate of drug-likeness (QED) is 0.616. The van der Waals surface area contributed by atoms with Gasteiger partial charge in [0.1, 0.15) is 5.75 Å². The minimum absolute atomic E-state index is 0.0345. The maximum absolute atomic E-state index is 12.4. The van der Waals surface area contributed by atoms with E-state index in [0.29, 0.717) is 0 Å². The van der Waals surface area contributed by atoms with Gasteiger partial charge in [-0.15, -0.1) is 0 Å². The Kier molecular flexibility index (Phi) is 2.37. The van der Waals surface area contributed by atoms with Crippen molar-refractivity contribution < 1.29 is 14.7 Å². The van der Waals surface area contributed by atoms with Gasteiger partial charge >= 0.3 is 0 Å². The zero-order valence-electron chi connectivity index (χ0n) is 9.61. The molecule has 0 fully saturated rings. The summed E-state index contributed by atoms with van der Waals surface area (Å²) in [5.41, 5.74) is 6.44. The van der Waals surface area contributed by atoms with Crippen LogP contribution in [0, 0.1) is 0 Å². The second-order valence-corrected chi connectivity index (χ2v) is 4.65. The average molecular weight is 274 g/mol. The van der Waals surface area contributed by atoms with Crippen molar-refractivity contribution in [2.45, 2.75) is 0 Å². The number of hydrogen-bond acceptors (Lipinski definition) is 4. The number of halogens is 1. The number of ketones is 2. The lowest BCUT2D eigenvalue weighted by Gasteiger charge is -2.19. The molecular weight excluding hydrogens is 266 g/mol. The molecule has 4 nitrogen and oxygen atoms in total. The number of fused-ring (bicyclic) bond motifs is 2. The predicted molar refractivity (Wildman–Crippen MR) is 70.8 cm³/mol. The first-order valence-electron chi connectivity index (χ1n) is 5.51. The molecule has 0 heterocycles. The first-order chi connectivity index (χ1) is 9.02. The van der Waals surface area contributed by atoms with Crippen molar-refractivity contribution in [2.75, 3.05) is 5.73 Å². The topological polar surface area (TPSA) is 80.4 Å². The largest absolute Gasteiger partial charge is 0.506 e. The Hall–Kier alpha value is -2.33. The molecule has 2 aromatic rings. The van der Waals surface area contributed by atoms with Crippen LogP contribution >= 0.6 is 11.6 Å². The van der Waals surface area contributed by atoms with Gasteiger partial charge in [-0.3, -0.25) is 9.59 Å². The van der Waals surface area contributed by atoms with Gasteiger partial charge in [0, 0.05) is 16.8 Å². The molecule has 0 aromatic heterocycles. The minimum atomic E-state index is -0.447. The zero-order chi connectivity index (χ0) is 13.7. The normalized spacial score (nSPS) is 13.1. The van der Waals surface area contributed by atoms with Crippen LogP contribution in [0.4, 0.5) is 5.69 Å². The molecule has 0 spiro atoms. The van der Waals surface area contributed by atoms with Gasteiger partial charge in [0.2, 0.25) is 0 Å². The summed E-state index contributed by atoms with van der Waals surface area (Å²) in [6.45, 7) is 0. The van der Waals surface area contributed by atoms with Gasteiger partial charge in [-0.1, -0.05) is 23.7 Å². The van der Waals surface area contributed by atoms with E-state index in [0.717, 1.165) is 0 Å². The Morgan fingerprint density at radius 1 is 0.947 bits per heavy atom. The molecule has 2 aromatic carbocycles. The monoisotopic (exact) mass is 273 g/mol. The molecule has 3 N–H and O–H groups in total. The molecule has 0 amide bonds. The van der Waals surface area contributed by atoms with E-state index in [4.69, 9.17) is 17.3 Å². The Morgan fingerprint density at radius 3 is 2.32 bits per heavy atom. The summed E-state index contributed by atoms with van der Waals surface area (Å²) in [4.78, 5) is 24.7. The maximum Gasteiger partial charge on any atom is 0.198 e. The fraction of sp³-hybridized carbons (Fsp3) is 0. The summed E-state index contributed by atoms with van der Waals surface area (Å²) in [5.74, 6) is -1.20. The smallest absolute Gasteiger partial charge is 0.198 e. The number of aromatic hydroxyl groups is 1. The molecule has 0 saturated carbocycles. The summed E-state index contributed by atoms with van der Waals surface area (Å²) in [6.07, 6.45) is 0. The van der Waals surface area contributed by atoms with Crippen molar-refractivity contribution in [1.29, 1.82) is 0 Å². The van der Waals surface area contributed by atoms with Crippen molar-refractivity contribution in [3.63, 3.8) is 0 Å². The van der Waals surface area contributed by atoms with E-state index in [9.17, 15) is 14.7 Å². The van der Waals surface area contributed by atoms with Crippen LogP contribution in [-0.4, -0.2) is 16.7 Å². The van der Waals surface area contributed by atoms with Crippen LogP contribution in [0.5, 0.6) is 5.75 Å². The van der Waals surface area contributed by atoms with Crippen molar-refractivity contribution in [3.8, 4) is 5.75 Å². The van der Waals surface area contributed by atoms with Crippen molar-refractivity contribution in [1.82, 2.24) is 0 Å². The molecule has 0 aliphatic heterocycles. The number of carbonyl (C=O) groups is 2. The third-order valence-electron chi connectivity index (χ3n) is 3.17. The van der Waals surface area contributed by atoms with E-state index in [1.165, 1.54) is 18.2 Å². The Labute approximate surface area is 113 Å². The molecule has 1 aliphatic rings. The van der Waals surface area contributed by atoms with Gasteiger partial charge < -0.3 is 10.8 Å². The minimum Gasteiger partial charge on any atom is -0.506 e. The van der Waals surface area contributed by atoms with Gasteiger partial charge in [-0.25, -0.2) is 0 Å². The highest BCUT2D eigenvalue weighted by Crippen LogP contribution is 2.38. The molecule has 0 unspecified atom stereocenters. The lowest BCUT2D eigenvalue weighted by atomic mass is 9.83. The van der Waals surface area contributed by atoms with Crippen molar-refractivity contribution in [2.24, 2.45) is 0 Å². The second kappa shape index (κ2) is 3.83.